The molecular formula is C25H27N3O4S. The van der Waals surface area contributed by atoms with E-state index < -0.39 is 0 Å². The van der Waals surface area contributed by atoms with Gasteiger partial charge in [-0.15, -0.1) is 11.3 Å². The van der Waals surface area contributed by atoms with E-state index in [4.69, 9.17) is 9.47 Å². The van der Waals surface area contributed by atoms with Gasteiger partial charge in [-0.1, -0.05) is 18.2 Å². The molecule has 0 spiro atoms. The van der Waals surface area contributed by atoms with Crippen molar-refractivity contribution in [2.45, 2.75) is 25.9 Å². The van der Waals surface area contributed by atoms with E-state index in [-0.39, 0.29) is 11.7 Å². The van der Waals surface area contributed by atoms with Crippen LogP contribution in [0.4, 0.5) is 0 Å². The van der Waals surface area contributed by atoms with Crippen molar-refractivity contribution in [3.8, 4) is 11.5 Å². The quantitative estimate of drug-likeness (QED) is 0.513. The van der Waals surface area contributed by atoms with Crippen LogP contribution in [0.5, 0.6) is 11.5 Å². The summed E-state index contributed by atoms with van der Waals surface area (Å²) in [5, 5.41) is 3.76. The fourth-order valence-corrected chi connectivity index (χ4v) is 5.00. The molecule has 1 aliphatic heterocycles. The summed E-state index contributed by atoms with van der Waals surface area (Å²) in [7, 11) is 5.18. The molecule has 7 nitrogen and oxygen atoms in total. The summed E-state index contributed by atoms with van der Waals surface area (Å²) in [5.74, 6) is 0.857. The largest absolute Gasteiger partial charge is 0.493 e. The number of Topliss-reactive ketones (excluding diaryl/α,β-unsaturated/α-hetero) is 1. The Kier molecular flexibility index (Phi) is 7.05. The van der Waals surface area contributed by atoms with Gasteiger partial charge in [0.1, 0.15) is 5.01 Å². The summed E-state index contributed by atoms with van der Waals surface area (Å²) in [6.07, 6.45) is 1.23. The van der Waals surface area contributed by atoms with Crippen molar-refractivity contribution >= 4 is 23.0 Å². The van der Waals surface area contributed by atoms with Crippen LogP contribution in [0, 0.1) is 0 Å². The first kappa shape index (κ1) is 22.9. The first-order valence-electron chi connectivity index (χ1n) is 10.7. The second-order valence-corrected chi connectivity index (χ2v) is 9.19. The molecule has 0 saturated heterocycles. The number of carbonyl (C=O) groups excluding carboxylic acids is 2. The SMILES string of the molecule is COc1ccc(C(=O)NCc2cccc(C(=O)Cc3nc4c(s3)CN(C)CC4)c2)cc1OC. The van der Waals surface area contributed by atoms with Crippen LogP contribution in [0.25, 0.3) is 0 Å². The van der Waals surface area contributed by atoms with Gasteiger partial charge < -0.3 is 19.7 Å². The zero-order valence-corrected chi connectivity index (χ0v) is 19.8. The van der Waals surface area contributed by atoms with Crippen LogP contribution in [-0.4, -0.2) is 49.4 Å². The molecule has 0 fully saturated rings. The predicted molar refractivity (Wildman–Crippen MR) is 127 cm³/mol. The maximum Gasteiger partial charge on any atom is 0.251 e. The van der Waals surface area contributed by atoms with Crippen LogP contribution in [0.15, 0.2) is 42.5 Å². The van der Waals surface area contributed by atoms with Crippen molar-refractivity contribution in [3.63, 3.8) is 0 Å². The number of fused-ring (bicyclic) bond motifs is 1. The van der Waals surface area contributed by atoms with Crippen molar-refractivity contribution < 1.29 is 19.1 Å². The van der Waals surface area contributed by atoms with Crippen LogP contribution >= 0.6 is 11.3 Å². The fraction of sp³-hybridized carbons (Fsp3) is 0.320. The lowest BCUT2D eigenvalue weighted by Gasteiger charge is -2.20. The zero-order valence-electron chi connectivity index (χ0n) is 19.0. The highest BCUT2D eigenvalue weighted by Gasteiger charge is 2.20. The maximum atomic E-state index is 12.9. The van der Waals surface area contributed by atoms with Gasteiger partial charge in [-0.3, -0.25) is 9.59 Å². The highest BCUT2D eigenvalue weighted by molar-refractivity contribution is 7.11. The second-order valence-electron chi connectivity index (χ2n) is 8.02. The summed E-state index contributed by atoms with van der Waals surface area (Å²) in [5.41, 5.74) is 3.08. The van der Waals surface area contributed by atoms with Gasteiger partial charge in [0, 0.05) is 42.1 Å². The number of rotatable bonds is 8. The molecule has 2 aromatic carbocycles. The van der Waals surface area contributed by atoms with Crippen LogP contribution in [0.2, 0.25) is 0 Å². The lowest BCUT2D eigenvalue weighted by atomic mass is 10.1. The number of nitrogens with zero attached hydrogens (tertiary/aromatic N) is 2. The molecule has 3 aromatic rings. The first-order chi connectivity index (χ1) is 16.0. The Labute approximate surface area is 197 Å². The van der Waals surface area contributed by atoms with E-state index >= 15 is 0 Å². The molecule has 0 atom stereocenters. The van der Waals surface area contributed by atoms with Crippen LogP contribution < -0.4 is 14.8 Å². The molecule has 8 heteroatoms. The van der Waals surface area contributed by atoms with E-state index in [1.165, 1.54) is 12.0 Å². The number of hydrogen-bond acceptors (Lipinski definition) is 7. The van der Waals surface area contributed by atoms with E-state index in [0.717, 1.165) is 35.8 Å². The number of methoxy groups -OCH3 is 2. The summed E-state index contributed by atoms with van der Waals surface area (Å²) >= 11 is 1.63. The molecule has 4 rings (SSSR count). The number of carbonyl (C=O) groups is 2. The van der Waals surface area contributed by atoms with Crippen molar-refractivity contribution in [2.24, 2.45) is 0 Å². The number of hydrogen-bond donors (Lipinski definition) is 1. The van der Waals surface area contributed by atoms with Gasteiger partial charge in [-0.2, -0.15) is 0 Å². The normalized spacial score (nSPS) is 13.3. The number of aromatic nitrogens is 1. The van der Waals surface area contributed by atoms with E-state index in [2.05, 4.69) is 22.2 Å². The van der Waals surface area contributed by atoms with Crippen LogP contribution in [0.1, 0.15) is 41.9 Å². The molecular weight excluding hydrogens is 438 g/mol. The molecule has 2 heterocycles. The van der Waals surface area contributed by atoms with Gasteiger partial charge in [0.25, 0.3) is 5.91 Å². The average molecular weight is 466 g/mol. The standard InChI is InChI=1S/C25H27N3O4S/c1-28-10-9-19-23(15-28)33-24(27-19)13-20(29)17-6-4-5-16(11-17)14-26-25(30)18-7-8-21(31-2)22(12-18)32-3/h4-8,11-12H,9-10,13-15H2,1-3H3,(H,26,30). The number of ether oxygens (including phenoxy) is 2. The highest BCUT2D eigenvalue weighted by atomic mass is 32.1. The summed E-state index contributed by atoms with van der Waals surface area (Å²) < 4.78 is 10.5. The van der Waals surface area contributed by atoms with Crippen molar-refractivity contribution in [1.82, 2.24) is 15.2 Å². The first-order valence-corrected chi connectivity index (χ1v) is 11.6. The van der Waals surface area contributed by atoms with E-state index in [1.807, 2.05) is 24.3 Å². The Balaban J connectivity index is 1.39. The third kappa shape index (κ3) is 5.40. The molecule has 172 valence electrons. The minimum Gasteiger partial charge on any atom is -0.493 e. The average Bonchev–Trinajstić information content (AvgIpc) is 3.23. The smallest absolute Gasteiger partial charge is 0.251 e. The van der Waals surface area contributed by atoms with E-state index in [9.17, 15) is 9.59 Å². The molecule has 0 radical (unpaired) electrons. The Morgan fingerprint density at radius 2 is 1.91 bits per heavy atom. The third-order valence-electron chi connectivity index (χ3n) is 5.63. The van der Waals surface area contributed by atoms with E-state index in [1.54, 1.807) is 36.6 Å². The van der Waals surface area contributed by atoms with Gasteiger partial charge in [0.15, 0.2) is 17.3 Å². The van der Waals surface area contributed by atoms with Crippen LogP contribution in [0.3, 0.4) is 0 Å². The predicted octanol–water partition coefficient (Wildman–Crippen LogP) is 3.50. The monoisotopic (exact) mass is 465 g/mol. The van der Waals surface area contributed by atoms with Crippen LogP contribution in [-0.2, 0) is 25.9 Å². The number of nitrogens with one attached hydrogen (secondary N) is 1. The number of likely N-dealkylation sites (N-methyl/N-ethyl adjacent to an activating group) is 1. The summed E-state index contributed by atoms with van der Waals surface area (Å²) in [6.45, 7) is 2.21. The maximum absolute atomic E-state index is 12.9. The second kappa shape index (κ2) is 10.1. The number of thiazole rings is 1. The molecule has 1 aromatic heterocycles. The van der Waals surface area contributed by atoms with Crippen molar-refractivity contribution in [1.29, 1.82) is 0 Å². The summed E-state index contributed by atoms with van der Waals surface area (Å²) in [6, 6.07) is 12.4. The van der Waals surface area contributed by atoms with Gasteiger partial charge in [-0.25, -0.2) is 4.98 Å². The van der Waals surface area contributed by atoms with Crippen molar-refractivity contribution in [3.05, 3.63) is 74.7 Å². The molecule has 0 bridgehead atoms. The summed E-state index contributed by atoms with van der Waals surface area (Å²) in [4.78, 5) is 33.7. The lowest BCUT2D eigenvalue weighted by Crippen LogP contribution is -2.25. The molecule has 0 saturated carbocycles. The Bertz CT molecular complexity index is 1170. The Morgan fingerprint density at radius 1 is 1.09 bits per heavy atom. The number of ketones is 1. The van der Waals surface area contributed by atoms with Gasteiger partial charge in [0.05, 0.1) is 26.3 Å². The Morgan fingerprint density at radius 3 is 2.70 bits per heavy atom. The van der Waals surface area contributed by atoms with Gasteiger partial charge in [-0.05, 0) is 36.9 Å². The molecule has 0 aliphatic carbocycles. The molecule has 0 unspecified atom stereocenters. The van der Waals surface area contributed by atoms with Gasteiger partial charge in [0.2, 0.25) is 0 Å². The number of amides is 1. The minimum absolute atomic E-state index is 0.0301. The lowest BCUT2D eigenvalue weighted by molar-refractivity contribution is 0.0949. The minimum atomic E-state index is -0.231. The van der Waals surface area contributed by atoms with Gasteiger partial charge >= 0.3 is 0 Å². The molecule has 33 heavy (non-hydrogen) atoms. The zero-order chi connectivity index (χ0) is 23.4. The van der Waals surface area contributed by atoms with Crippen molar-refractivity contribution in [2.75, 3.05) is 27.8 Å². The number of benzene rings is 2. The topological polar surface area (TPSA) is 80.8 Å². The molecule has 1 aliphatic rings. The molecule has 1 N–H and O–H groups in total. The third-order valence-corrected chi connectivity index (χ3v) is 6.71. The van der Waals surface area contributed by atoms with E-state index in [0.29, 0.717) is 35.6 Å². The fourth-order valence-electron chi connectivity index (χ4n) is 3.81. The highest BCUT2D eigenvalue weighted by Crippen LogP contribution is 2.28. The molecule has 1 amide bonds. The Hall–Kier alpha value is -3.23.